The Morgan fingerprint density at radius 1 is 0.380 bits per heavy atom. The molecule has 0 amide bonds. The fourth-order valence-electron chi connectivity index (χ4n) is 6.45. The molecule has 50 heavy (non-hydrogen) atoms. The van der Waals surface area contributed by atoms with Crippen LogP contribution in [-0.2, 0) is 28.6 Å². The van der Waals surface area contributed by atoms with Gasteiger partial charge in [0.1, 0.15) is 13.2 Å². The third-order valence-electron chi connectivity index (χ3n) is 9.79. The molecule has 0 spiro atoms. The first-order valence-corrected chi connectivity index (χ1v) is 21.9. The molecule has 0 saturated heterocycles. The smallest absolute Gasteiger partial charge is 0.306 e. The summed E-state index contributed by atoms with van der Waals surface area (Å²) in [7, 11) is 0. The van der Waals surface area contributed by atoms with Crippen LogP contribution in [0.25, 0.3) is 0 Å². The van der Waals surface area contributed by atoms with Crippen LogP contribution in [0.15, 0.2) is 0 Å². The molecule has 0 N–H and O–H groups in total. The third kappa shape index (κ3) is 37.7. The first-order chi connectivity index (χ1) is 24.4. The maximum atomic E-state index is 12.6. The Labute approximate surface area is 310 Å². The average Bonchev–Trinajstić information content (AvgIpc) is 3.09. The number of carbonyl (C=O) groups is 3. The lowest BCUT2D eigenvalue weighted by atomic mass is 10.0. The molecule has 0 bridgehead atoms. The van der Waals surface area contributed by atoms with Crippen molar-refractivity contribution in [1.29, 1.82) is 0 Å². The Bertz CT molecular complexity index is 751. The highest BCUT2D eigenvalue weighted by Crippen LogP contribution is 2.16. The SMILES string of the molecule is CCCCCCCCCCCCCC(=O)O[C@@H](COC(=O)CCCCCCCCC)COC(=O)CCCCCCCCCCCCCC(C)C. The number of hydrogen-bond donors (Lipinski definition) is 0. The lowest BCUT2D eigenvalue weighted by Gasteiger charge is -2.18. The van der Waals surface area contributed by atoms with E-state index in [1.54, 1.807) is 0 Å². The normalized spacial score (nSPS) is 11.9. The van der Waals surface area contributed by atoms with Crippen molar-refractivity contribution in [3.05, 3.63) is 0 Å². The predicted molar refractivity (Wildman–Crippen MR) is 210 cm³/mol. The molecule has 1 atom stereocenters. The van der Waals surface area contributed by atoms with Gasteiger partial charge in [-0.2, -0.15) is 0 Å². The molecule has 0 aliphatic carbocycles. The third-order valence-corrected chi connectivity index (χ3v) is 9.79. The lowest BCUT2D eigenvalue weighted by molar-refractivity contribution is -0.167. The van der Waals surface area contributed by atoms with Crippen LogP contribution in [0.4, 0.5) is 0 Å². The quantitative estimate of drug-likeness (QED) is 0.0359. The van der Waals surface area contributed by atoms with Crippen molar-refractivity contribution >= 4 is 17.9 Å². The zero-order chi connectivity index (χ0) is 36.8. The summed E-state index contributed by atoms with van der Waals surface area (Å²) in [6.45, 7) is 8.94. The van der Waals surface area contributed by atoms with Gasteiger partial charge in [-0.15, -0.1) is 0 Å². The van der Waals surface area contributed by atoms with Gasteiger partial charge in [-0.1, -0.05) is 201 Å². The number of rotatable bonds is 39. The zero-order valence-corrected chi connectivity index (χ0v) is 33.9. The molecular weight excluding hydrogens is 624 g/mol. The lowest BCUT2D eigenvalue weighted by Crippen LogP contribution is -2.30. The van der Waals surface area contributed by atoms with Crippen molar-refractivity contribution in [3.8, 4) is 0 Å². The van der Waals surface area contributed by atoms with Crippen molar-refractivity contribution in [1.82, 2.24) is 0 Å². The van der Waals surface area contributed by atoms with Gasteiger partial charge in [-0.25, -0.2) is 0 Å². The fraction of sp³-hybridized carbons (Fsp3) is 0.932. The van der Waals surface area contributed by atoms with Gasteiger partial charge in [-0.3, -0.25) is 14.4 Å². The summed E-state index contributed by atoms with van der Waals surface area (Å²) >= 11 is 0. The van der Waals surface area contributed by atoms with Crippen molar-refractivity contribution < 1.29 is 28.6 Å². The molecule has 0 heterocycles. The van der Waals surface area contributed by atoms with Crippen molar-refractivity contribution in [2.24, 2.45) is 5.92 Å². The summed E-state index contributed by atoms with van der Waals surface area (Å²) in [5.41, 5.74) is 0. The highest BCUT2D eigenvalue weighted by atomic mass is 16.6. The average molecular weight is 709 g/mol. The Balaban J connectivity index is 4.27. The van der Waals surface area contributed by atoms with Crippen molar-refractivity contribution in [2.75, 3.05) is 13.2 Å². The van der Waals surface area contributed by atoms with Crippen LogP contribution in [0.5, 0.6) is 0 Å². The van der Waals surface area contributed by atoms with E-state index in [0.717, 1.165) is 63.7 Å². The molecule has 0 aliphatic rings. The molecule has 0 aliphatic heterocycles. The maximum Gasteiger partial charge on any atom is 0.306 e. The Morgan fingerprint density at radius 3 is 0.980 bits per heavy atom. The van der Waals surface area contributed by atoms with E-state index in [1.165, 1.54) is 135 Å². The summed E-state index contributed by atoms with van der Waals surface area (Å²) in [6, 6.07) is 0. The summed E-state index contributed by atoms with van der Waals surface area (Å²) in [5.74, 6) is -0.0366. The molecular formula is C44H84O6. The van der Waals surface area contributed by atoms with Gasteiger partial charge < -0.3 is 14.2 Å². The van der Waals surface area contributed by atoms with Crippen LogP contribution in [0.1, 0.15) is 240 Å². The van der Waals surface area contributed by atoms with Gasteiger partial charge in [0.05, 0.1) is 0 Å². The molecule has 296 valence electrons. The second-order valence-electron chi connectivity index (χ2n) is 15.5. The van der Waals surface area contributed by atoms with Crippen LogP contribution in [0.3, 0.4) is 0 Å². The van der Waals surface area contributed by atoms with Gasteiger partial charge in [0.25, 0.3) is 0 Å². The van der Waals surface area contributed by atoms with E-state index >= 15 is 0 Å². The minimum absolute atomic E-state index is 0.0645. The first kappa shape index (κ1) is 48.4. The monoisotopic (exact) mass is 709 g/mol. The number of ether oxygens (including phenoxy) is 3. The predicted octanol–water partition coefficient (Wildman–Crippen LogP) is 13.6. The van der Waals surface area contributed by atoms with E-state index in [4.69, 9.17) is 14.2 Å². The standard InChI is InChI=1S/C44H84O6/c1-5-7-9-11-13-14-16-21-25-29-33-37-44(47)50-41(38-48-42(45)35-31-27-22-12-10-8-6-2)39-49-43(46)36-32-28-24-20-18-15-17-19-23-26-30-34-40(3)4/h40-41H,5-39H2,1-4H3/t41-/m0/s1. The van der Waals surface area contributed by atoms with E-state index in [-0.39, 0.29) is 31.1 Å². The number of esters is 3. The minimum atomic E-state index is -0.757. The van der Waals surface area contributed by atoms with Crippen LogP contribution >= 0.6 is 0 Å². The Kier molecular flexibility index (Phi) is 37.4. The van der Waals surface area contributed by atoms with Crippen molar-refractivity contribution in [2.45, 2.75) is 246 Å². The Morgan fingerprint density at radius 2 is 0.660 bits per heavy atom. The van der Waals surface area contributed by atoms with Crippen molar-refractivity contribution in [3.63, 3.8) is 0 Å². The van der Waals surface area contributed by atoms with Gasteiger partial charge in [-0.05, 0) is 25.2 Å². The van der Waals surface area contributed by atoms with Gasteiger partial charge in [0.2, 0.25) is 0 Å². The van der Waals surface area contributed by atoms with E-state index in [1.807, 2.05) is 0 Å². The largest absolute Gasteiger partial charge is 0.462 e. The van der Waals surface area contributed by atoms with Gasteiger partial charge in [0, 0.05) is 19.3 Å². The molecule has 0 rings (SSSR count). The first-order valence-electron chi connectivity index (χ1n) is 21.9. The highest BCUT2D eigenvalue weighted by Gasteiger charge is 2.19. The van der Waals surface area contributed by atoms with Crippen LogP contribution in [-0.4, -0.2) is 37.2 Å². The number of hydrogen-bond acceptors (Lipinski definition) is 6. The van der Waals surface area contributed by atoms with Crippen LogP contribution < -0.4 is 0 Å². The second-order valence-corrected chi connectivity index (χ2v) is 15.5. The topological polar surface area (TPSA) is 78.9 Å². The molecule has 0 radical (unpaired) electrons. The van der Waals surface area contributed by atoms with Crippen LogP contribution in [0.2, 0.25) is 0 Å². The van der Waals surface area contributed by atoms with E-state index in [9.17, 15) is 14.4 Å². The second kappa shape index (κ2) is 38.6. The minimum Gasteiger partial charge on any atom is -0.462 e. The molecule has 0 unspecified atom stereocenters. The molecule has 0 saturated carbocycles. The molecule has 6 heteroatoms. The molecule has 0 aromatic carbocycles. The molecule has 0 aromatic rings. The number of carbonyl (C=O) groups excluding carboxylic acids is 3. The molecule has 6 nitrogen and oxygen atoms in total. The molecule has 0 aromatic heterocycles. The van der Waals surface area contributed by atoms with Crippen LogP contribution in [0, 0.1) is 5.92 Å². The molecule has 0 fully saturated rings. The summed E-state index contributed by atoms with van der Waals surface area (Å²) in [4.78, 5) is 37.5. The maximum absolute atomic E-state index is 12.6. The van der Waals surface area contributed by atoms with Gasteiger partial charge in [0.15, 0.2) is 6.10 Å². The highest BCUT2D eigenvalue weighted by molar-refractivity contribution is 5.71. The summed E-state index contributed by atoms with van der Waals surface area (Å²) in [5, 5.41) is 0. The van der Waals surface area contributed by atoms with E-state index in [2.05, 4.69) is 27.7 Å². The summed E-state index contributed by atoms with van der Waals surface area (Å²) in [6.07, 6.45) is 36.6. The number of unbranched alkanes of at least 4 members (excludes halogenated alkanes) is 26. The van der Waals surface area contributed by atoms with E-state index in [0.29, 0.717) is 19.3 Å². The van der Waals surface area contributed by atoms with Gasteiger partial charge >= 0.3 is 17.9 Å². The Hall–Kier alpha value is -1.59. The summed E-state index contributed by atoms with van der Waals surface area (Å²) < 4.78 is 16.6. The zero-order valence-electron chi connectivity index (χ0n) is 33.9. The fourth-order valence-corrected chi connectivity index (χ4v) is 6.45. The van der Waals surface area contributed by atoms with E-state index < -0.39 is 6.10 Å².